The first-order chi connectivity index (χ1) is 9.19. The van der Waals surface area contributed by atoms with E-state index in [9.17, 15) is 4.79 Å². The van der Waals surface area contributed by atoms with Gasteiger partial charge in [-0.25, -0.2) is 0 Å². The molecule has 1 aliphatic carbocycles. The number of carboxylic acid groups (broad SMARTS) is 1. The number of carbonyl (C=O) groups is 1. The number of piperidine rings is 1. The van der Waals surface area contributed by atoms with Crippen LogP contribution in [0.5, 0.6) is 0 Å². The van der Waals surface area contributed by atoms with Crippen LogP contribution in [0.3, 0.4) is 0 Å². The van der Waals surface area contributed by atoms with Crippen LogP contribution in [-0.2, 0) is 4.79 Å². The second kappa shape index (κ2) is 5.62. The molecule has 1 spiro atoms. The second-order valence-corrected chi connectivity index (χ2v) is 7.57. The molecule has 0 amide bonds. The first kappa shape index (κ1) is 13.7. The number of likely N-dealkylation sites (tertiary alicyclic amines) is 1. The molecule has 1 atom stereocenters. The molecule has 0 bridgehead atoms. The van der Waals surface area contributed by atoms with Crippen LogP contribution in [0.2, 0.25) is 0 Å². The lowest BCUT2D eigenvalue weighted by molar-refractivity contribution is -0.139. The minimum Gasteiger partial charge on any atom is -0.480 e. The summed E-state index contributed by atoms with van der Waals surface area (Å²) in [5.74, 6) is 0.0257. The van der Waals surface area contributed by atoms with Gasteiger partial charge < -0.3 is 10.0 Å². The van der Waals surface area contributed by atoms with Crippen LogP contribution in [0.25, 0.3) is 0 Å². The molecular formula is C14H24N2O2S. The number of carboxylic acids is 1. The molecule has 108 valence electrons. The minimum atomic E-state index is -0.695. The Morgan fingerprint density at radius 2 is 1.89 bits per heavy atom. The standard InChI is InChI=1S/C14H24N2O2S/c17-13(18)12-10-19-14(15-12)6-8-16(9-7-14)11-4-2-1-3-5-11/h11-12,15H,1-10H2,(H,17,18). The number of hydrogen-bond acceptors (Lipinski definition) is 4. The van der Waals surface area contributed by atoms with Crippen LogP contribution in [0.1, 0.15) is 44.9 Å². The van der Waals surface area contributed by atoms with Crippen LogP contribution in [0.4, 0.5) is 0 Å². The maximum Gasteiger partial charge on any atom is 0.321 e. The fourth-order valence-corrected chi connectivity index (χ4v) is 5.17. The summed E-state index contributed by atoms with van der Waals surface area (Å²) < 4.78 is 0. The van der Waals surface area contributed by atoms with Crippen molar-refractivity contribution in [2.45, 2.75) is 61.9 Å². The van der Waals surface area contributed by atoms with E-state index in [2.05, 4.69) is 10.2 Å². The maximum absolute atomic E-state index is 11.1. The van der Waals surface area contributed by atoms with Gasteiger partial charge in [0.2, 0.25) is 0 Å². The van der Waals surface area contributed by atoms with Crippen molar-refractivity contribution in [3.05, 3.63) is 0 Å². The van der Waals surface area contributed by atoms with E-state index in [1.165, 1.54) is 32.1 Å². The Hall–Kier alpha value is -0.260. The fourth-order valence-electron chi connectivity index (χ4n) is 3.76. The SMILES string of the molecule is O=C(O)C1CSC2(CCN(C3CCCCC3)CC2)N1. The second-order valence-electron chi connectivity index (χ2n) is 6.17. The van der Waals surface area contributed by atoms with Crippen molar-refractivity contribution < 1.29 is 9.90 Å². The molecule has 1 saturated carbocycles. The van der Waals surface area contributed by atoms with Gasteiger partial charge in [0, 0.05) is 24.9 Å². The number of nitrogens with one attached hydrogen (secondary N) is 1. The molecule has 2 N–H and O–H groups in total. The highest BCUT2D eigenvalue weighted by Gasteiger charge is 2.44. The molecule has 1 unspecified atom stereocenters. The molecule has 2 aliphatic heterocycles. The van der Waals surface area contributed by atoms with E-state index in [0.717, 1.165) is 37.7 Å². The number of nitrogens with zero attached hydrogens (tertiary/aromatic N) is 1. The maximum atomic E-state index is 11.1. The van der Waals surface area contributed by atoms with E-state index in [-0.39, 0.29) is 10.9 Å². The van der Waals surface area contributed by atoms with E-state index >= 15 is 0 Å². The molecule has 0 aromatic heterocycles. The first-order valence-corrected chi connectivity index (χ1v) is 8.56. The lowest BCUT2D eigenvalue weighted by Crippen LogP contribution is -2.53. The lowest BCUT2D eigenvalue weighted by atomic mass is 9.92. The zero-order valence-corrected chi connectivity index (χ0v) is 12.3. The number of rotatable bonds is 2. The van der Waals surface area contributed by atoms with E-state index in [0.29, 0.717) is 0 Å². The summed E-state index contributed by atoms with van der Waals surface area (Å²) in [5.41, 5.74) is 0. The smallest absolute Gasteiger partial charge is 0.321 e. The van der Waals surface area contributed by atoms with Gasteiger partial charge in [-0.3, -0.25) is 10.1 Å². The molecule has 0 aromatic rings. The van der Waals surface area contributed by atoms with E-state index < -0.39 is 5.97 Å². The van der Waals surface area contributed by atoms with Gasteiger partial charge in [-0.05, 0) is 25.7 Å². The van der Waals surface area contributed by atoms with Gasteiger partial charge in [0.1, 0.15) is 6.04 Å². The minimum absolute atomic E-state index is 0.0498. The topological polar surface area (TPSA) is 52.6 Å². The predicted molar refractivity (Wildman–Crippen MR) is 77.4 cm³/mol. The number of thioether (sulfide) groups is 1. The molecule has 2 heterocycles. The van der Waals surface area contributed by atoms with Crippen LogP contribution < -0.4 is 5.32 Å². The van der Waals surface area contributed by atoms with Gasteiger partial charge in [0.25, 0.3) is 0 Å². The van der Waals surface area contributed by atoms with Crippen LogP contribution in [-0.4, -0.2) is 51.8 Å². The fraction of sp³-hybridized carbons (Fsp3) is 0.929. The van der Waals surface area contributed by atoms with Crippen LogP contribution in [0.15, 0.2) is 0 Å². The van der Waals surface area contributed by atoms with Gasteiger partial charge in [-0.1, -0.05) is 19.3 Å². The summed E-state index contributed by atoms with van der Waals surface area (Å²) in [6.45, 7) is 2.27. The highest BCUT2D eigenvalue weighted by Crippen LogP contribution is 2.40. The Bertz CT molecular complexity index is 336. The summed E-state index contributed by atoms with van der Waals surface area (Å²) in [5, 5.41) is 12.5. The highest BCUT2D eigenvalue weighted by molar-refractivity contribution is 8.01. The van der Waals surface area contributed by atoms with Crippen molar-refractivity contribution in [2.75, 3.05) is 18.8 Å². The molecule has 19 heavy (non-hydrogen) atoms. The average molecular weight is 284 g/mol. The third-order valence-corrected chi connectivity index (χ3v) is 6.54. The lowest BCUT2D eigenvalue weighted by Gasteiger charge is -2.43. The Balaban J connectivity index is 1.53. The summed E-state index contributed by atoms with van der Waals surface area (Å²) in [6.07, 6.45) is 9.11. The van der Waals surface area contributed by atoms with Crippen molar-refractivity contribution in [2.24, 2.45) is 0 Å². The average Bonchev–Trinajstić information content (AvgIpc) is 2.85. The monoisotopic (exact) mass is 284 g/mol. The van der Waals surface area contributed by atoms with Crippen molar-refractivity contribution in [3.8, 4) is 0 Å². The summed E-state index contributed by atoms with van der Waals surface area (Å²) >= 11 is 1.83. The van der Waals surface area contributed by atoms with Crippen LogP contribution in [0, 0.1) is 0 Å². The summed E-state index contributed by atoms with van der Waals surface area (Å²) in [6, 6.07) is 0.457. The molecule has 3 aliphatic rings. The summed E-state index contributed by atoms with van der Waals surface area (Å²) in [7, 11) is 0. The Morgan fingerprint density at radius 1 is 1.21 bits per heavy atom. The molecule has 3 fully saturated rings. The van der Waals surface area contributed by atoms with E-state index in [1.54, 1.807) is 0 Å². The van der Waals surface area contributed by atoms with E-state index in [1.807, 2.05) is 11.8 Å². The highest BCUT2D eigenvalue weighted by atomic mass is 32.2. The molecule has 2 saturated heterocycles. The quantitative estimate of drug-likeness (QED) is 0.811. The zero-order chi connectivity index (χ0) is 13.3. The van der Waals surface area contributed by atoms with Gasteiger partial charge in [0.15, 0.2) is 0 Å². The van der Waals surface area contributed by atoms with Crippen molar-refractivity contribution in [1.82, 2.24) is 10.2 Å². The number of aliphatic carboxylic acids is 1. The Morgan fingerprint density at radius 3 is 2.47 bits per heavy atom. The molecule has 3 rings (SSSR count). The molecule has 5 heteroatoms. The molecule has 0 aromatic carbocycles. The Labute approximate surface area is 119 Å². The van der Waals surface area contributed by atoms with Gasteiger partial charge in [-0.2, -0.15) is 0 Å². The van der Waals surface area contributed by atoms with Crippen molar-refractivity contribution >= 4 is 17.7 Å². The third-order valence-electron chi connectivity index (χ3n) is 4.96. The zero-order valence-electron chi connectivity index (χ0n) is 11.4. The van der Waals surface area contributed by atoms with Crippen molar-refractivity contribution in [3.63, 3.8) is 0 Å². The van der Waals surface area contributed by atoms with Gasteiger partial charge >= 0.3 is 5.97 Å². The normalized spacial score (nSPS) is 32.7. The largest absolute Gasteiger partial charge is 0.480 e. The van der Waals surface area contributed by atoms with E-state index in [4.69, 9.17) is 5.11 Å². The molecule has 0 radical (unpaired) electrons. The number of hydrogen-bond donors (Lipinski definition) is 2. The summed E-state index contributed by atoms with van der Waals surface area (Å²) in [4.78, 5) is 13.8. The molecule has 4 nitrogen and oxygen atoms in total. The van der Waals surface area contributed by atoms with Crippen molar-refractivity contribution in [1.29, 1.82) is 0 Å². The van der Waals surface area contributed by atoms with Crippen LogP contribution >= 0.6 is 11.8 Å². The third kappa shape index (κ3) is 2.93. The van der Waals surface area contributed by atoms with Gasteiger partial charge in [0.05, 0.1) is 4.87 Å². The predicted octanol–water partition coefficient (Wildman–Crippen LogP) is 1.90. The van der Waals surface area contributed by atoms with Gasteiger partial charge in [-0.15, -0.1) is 11.8 Å². The first-order valence-electron chi connectivity index (χ1n) is 7.57. The molecular weight excluding hydrogens is 260 g/mol. The Kier molecular flexibility index (Phi) is 4.06.